The lowest BCUT2D eigenvalue weighted by Gasteiger charge is -2.30. The number of aromatic nitrogens is 2. The Kier molecular flexibility index (Phi) is 4.09. The van der Waals surface area contributed by atoms with E-state index in [0.717, 1.165) is 41.5 Å². The van der Waals surface area contributed by atoms with Crippen LogP contribution in [0.3, 0.4) is 0 Å². The third-order valence-corrected chi connectivity index (χ3v) is 4.09. The number of methoxy groups -OCH3 is 2. The Balaban J connectivity index is 2.05. The van der Waals surface area contributed by atoms with Gasteiger partial charge in [0.05, 0.1) is 25.6 Å². The molecule has 0 spiro atoms. The molecule has 6 heteroatoms. The fourth-order valence-corrected chi connectivity index (χ4v) is 2.95. The summed E-state index contributed by atoms with van der Waals surface area (Å²) in [6.45, 7) is 2.10. The number of hydrogen-bond donors (Lipinski definition) is 2. The van der Waals surface area contributed by atoms with Crippen molar-refractivity contribution in [2.45, 2.75) is 19.3 Å². The van der Waals surface area contributed by atoms with Crippen molar-refractivity contribution < 1.29 is 9.47 Å². The summed E-state index contributed by atoms with van der Waals surface area (Å²) in [6.07, 6.45) is 3.72. The van der Waals surface area contributed by atoms with Crippen LogP contribution < -0.4 is 20.1 Å². The van der Waals surface area contributed by atoms with Crippen LogP contribution in [0.1, 0.15) is 19.3 Å². The minimum Gasteiger partial charge on any atom is -0.496 e. The standard InChI is InChI=1S/C16H22N4O2/c1-21-14-10-13(20-6-4-3-5-7-20)15(22-2)8-11(14)12-9-16(17)19-18-12/h8-10H,3-7H2,1-2H3,(H3,17,18,19). The second-order valence-electron chi connectivity index (χ2n) is 5.48. The maximum Gasteiger partial charge on any atom is 0.145 e. The average molecular weight is 302 g/mol. The van der Waals surface area contributed by atoms with Gasteiger partial charge in [-0.15, -0.1) is 0 Å². The molecule has 0 saturated carbocycles. The molecule has 1 saturated heterocycles. The Labute approximate surface area is 130 Å². The van der Waals surface area contributed by atoms with Crippen LogP contribution >= 0.6 is 0 Å². The zero-order valence-electron chi connectivity index (χ0n) is 13.1. The number of rotatable bonds is 4. The van der Waals surface area contributed by atoms with E-state index in [4.69, 9.17) is 15.2 Å². The first-order chi connectivity index (χ1) is 10.7. The van der Waals surface area contributed by atoms with Gasteiger partial charge in [-0.1, -0.05) is 0 Å². The number of nitrogen functional groups attached to an aromatic ring is 1. The maximum absolute atomic E-state index is 5.70. The van der Waals surface area contributed by atoms with Crippen LogP contribution in [0.4, 0.5) is 11.5 Å². The highest BCUT2D eigenvalue weighted by Crippen LogP contribution is 2.40. The second-order valence-corrected chi connectivity index (χ2v) is 5.48. The number of nitrogens with zero attached hydrogens (tertiary/aromatic N) is 2. The number of ether oxygens (including phenoxy) is 2. The van der Waals surface area contributed by atoms with Crippen molar-refractivity contribution in [3.05, 3.63) is 18.2 Å². The Morgan fingerprint density at radius 3 is 2.36 bits per heavy atom. The van der Waals surface area contributed by atoms with Crippen molar-refractivity contribution in [3.8, 4) is 22.8 Å². The summed E-state index contributed by atoms with van der Waals surface area (Å²) in [5.74, 6) is 2.08. The number of anilines is 2. The van der Waals surface area contributed by atoms with Crippen molar-refractivity contribution in [1.29, 1.82) is 0 Å². The lowest BCUT2D eigenvalue weighted by atomic mass is 10.1. The van der Waals surface area contributed by atoms with E-state index >= 15 is 0 Å². The molecule has 2 heterocycles. The predicted molar refractivity (Wildman–Crippen MR) is 87.6 cm³/mol. The molecular formula is C16H22N4O2. The van der Waals surface area contributed by atoms with Crippen LogP contribution in [0.15, 0.2) is 18.2 Å². The van der Waals surface area contributed by atoms with Gasteiger partial charge in [0.2, 0.25) is 0 Å². The van der Waals surface area contributed by atoms with Gasteiger partial charge >= 0.3 is 0 Å². The van der Waals surface area contributed by atoms with Crippen molar-refractivity contribution in [1.82, 2.24) is 10.2 Å². The number of benzene rings is 1. The van der Waals surface area contributed by atoms with E-state index < -0.39 is 0 Å². The molecule has 3 N–H and O–H groups in total. The maximum atomic E-state index is 5.70. The van der Waals surface area contributed by atoms with Crippen molar-refractivity contribution in [3.63, 3.8) is 0 Å². The third kappa shape index (κ3) is 2.68. The second kappa shape index (κ2) is 6.17. The first-order valence-corrected chi connectivity index (χ1v) is 7.55. The van der Waals surface area contributed by atoms with Crippen LogP contribution in [0.2, 0.25) is 0 Å². The first-order valence-electron chi connectivity index (χ1n) is 7.55. The third-order valence-electron chi connectivity index (χ3n) is 4.09. The van der Waals surface area contributed by atoms with Gasteiger partial charge in [0.15, 0.2) is 0 Å². The summed E-state index contributed by atoms with van der Waals surface area (Å²) in [5, 5.41) is 6.90. The molecule has 1 aromatic heterocycles. The molecule has 0 amide bonds. The van der Waals surface area contributed by atoms with Gasteiger partial charge in [-0.2, -0.15) is 5.10 Å². The smallest absolute Gasteiger partial charge is 0.145 e. The van der Waals surface area contributed by atoms with E-state index in [9.17, 15) is 0 Å². The van der Waals surface area contributed by atoms with Gasteiger partial charge in [0, 0.05) is 30.8 Å². The SMILES string of the molecule is COc1cc(N2CCCCC2)c(OC)cc1-c1cc(N)n[nH]1. The van der Waals surface area contributed by atoms with Crippen LogP contribution in [0, 0.1) is 0 Å². The van der Waals surface area contributed by atoms with Crippen molar-refractivity contribution in [2.75, 3.05) is 37.9 Å². The largest absolute Gasteiger partial charge is 0.496 e. The molecule has 6 nitrogen and oxygen atoms in total. The Hall–Kier alpha value is -2.37. The molecule has 0 unspecified atom stereocenters. The molecule has 0 bridgehead atoms. The molecule has 3 rings (SSSR count). The van der Waals surface area contributed by atoms with E-state index in [2.05, 4.69) is 15.1 Å². The number of piperidine rings is 1. The molecule has 0 radical (unpaired) electrons. The summed E-state index contributed by atoms with van der Waals surface area (Å²) in [7, 11) is 3.37. The summed E-state index contributed by atoms with van der Waals surface area (Å²) in [6, 6.07) is 5.81. The van der Waals surface area contributed by atoms with Crippen LogP contribution in [0.5, 0.6) is 11.5 Å². The molecule has 0 aliphatic carbocycles. The van der Waals surface area contributed by atoms with Crippen molar-refractivity contribution in [2.24, 2.45) is 0 Å². The molecule has 1 fully saturated rings. The first kappa shape index (κ1) is 14.6. The van der Waals surface area contributed by atoms with E-state index in [1.165, 1.54) is 19.3 Å². The van der Waals surface area contributed by atoms with Crippen molar-refractivity contribution >= 4 is 11.5 Å². The minimum atomic E-state index is 0.455. The Morgan fingerprint density at radius 2 is 1.77 bits per heavy atom. The molecule has 22 heavy (non-hydrogen) atoms. The molecule has 1 aliphatic heterocycles. The van der Waals surface area contributed by atoms with Gasteiger partial charge < -0.3 is 20.1 Å². The number of H-pyrrole nitrogens is 1. The normalized spacial score (nSPS) is 14.9. The van der Waals surface area contributed by atoms with E-state index in [0.29, 0.717) is 5.82 Å². The Morgan fingerprint density at radius 1 is 1.05 bits per heavy atom. The molecule has 118 valence electrons. The van der Waals surface area contributed by atoms with E-state index in [1.54, 1.807) is 20.3 Å². The predicted octanol–water partition coefficient (Wildman–Crippen LogP) is 2.67. The van der Waals surface area contributed by atoms with E-state index in [1.807, 2.05) is 12.1 Å². The summed E-state index contributed by atoms with van der Waals surface area (Å²) >= 11 is 0. The number of nitrogens with two attached hydrogens (primary N) is 1. The lowest BCUT2D eigenvalue weighted by molar-refractivity contribution is 0.402. The van der Waals surface area contributed by atoms with Gasteiger partial charge in [-0.3, -0.25) is 5.10 Å². The van der Waals surface area contributed by atoms with Gasteiger partial charge in [-0.05, 0) is 25.3 Å². The summed E-state index contributed by atoms with van der Waals surface area (Å²) < 4.78 is 11.2. The molecular weight excluding hydrogens is 280 g/mol. The minimum absolute atomic E-state index is 0.455. The molecule has 2 aromatic rings. The highest BCUT2D eigenvalue weighted by atomic mass is 16.5. The van der Waals surface area contributed by atoms with Crippen LogP contribution in [-0.4, -0.2) is 37.5 Å². The zero-order chi connectivity index (χ0) is 15.5. The summed E-state index contributed by atoms with van der Waals surface area (Å²) in [4.78, 5) is 2.36. The lowest BCUT2D eigenvalue weighted by Crippen LogP contribution is -2.29. The fraction of sp³-hybridized carbons (Fsp3) is 0.438. The average Bonchev–Trinajstić information content (AvgIpc) is 3.00. The zero-order valence-corrected chi connectivity index (χ0v) is 13.1. The number of aromatic amines is 1. The molecule has 1 aliphatic rings. The van der Waals surface area contributed by atoms with Crippen LogP contribution in [-0.2, 0) is 0 Å². The highest BCUT2D eigenvalue weighted by Gasteiger charge is 2.20. The van der Waals surface area contributed by atoms with Gasteiger partial charge in [-0.25, -0.2) is 0 Å². The van der Waals surface area contributed by atoms with Gasteiger partial charge in [0.1, 0.15) is 17.3 Å². The Bertz CT molecular complexity index is 648. The topological polar surface area (TPSA) is 76.4 Å². The molecule has 1 aromatic carbocycles. The van der Waals surface area contributed by atoms with Gasteiger partial charge in [0.25, 0.3) is 0 Å². The fourth-order valence-electron chi connectivity index (χ4n) is 2.95. The monoisotopic (exact) mass is 302 g/mol. The highest BCUT2D eigenvalue weighted by molar-refractivity contribution is 5.77. The quantitative estimate of drug-likeness (QED) is 0.908. The number of hydrogen-bond acceptors (Lipinski definition) is 5. The molecule has 0 atom stereocenters. The van der Waals surface area contributed by atoms with E-state index in [-0.39, 0.29) is 0 Å². The summed E-state index contributed by atoms with van der Waals surface area (Å²) in [5.41, 5.74) is 8.49. The number of nitrogens with one attached hydrogen (secondary N) is 1. The van der Waals surface area contributed by atoms with Crippen LogP contribution in [0.25, 0.3) is 11.3 Å².